The fourth-order valence-electron chi connectivity index (χ4n) is 1.60. The van der Waals surface area contributed by atoms with Crippen LogP contribution in [-0.2, 0) is 0 Å². The largest absolute Gasteiger partial charge is 0.321 e. The smallest absolute Gasteiger partial charge is 0.0493 e. The number of rotatable bonds is 0. The Morgan fingerprint density at radius 3 is 2.73 bits per heavy atom. The Morgan fingerprint density at radius 2 is 2.00 bits per heavy atom. The van der Waals surface area contributed by atoms with Gasteiger partial charge < -0.3 is 5.73 Å². The molecule has 1 aliphatic rings. The van der Waals surface area contributed by atoms with Crippen LogP contribution in [0.25, 0.3) is 5.57 Å². The predicted octanol–water partition coefficient (Wildman–Crippen LogP) is 2.10. The van der Waals surface area contributed by atoms with Crippen LogP contribution in [0.3, 0.4) is 0 Å². The first kappa shape index (κ1) is 6.62. The van der Waals surface area contributed by atoms with Crippen molar-refractivity contribution in [1.29, 1.82) is 0 Å². The number of nitrogens with two attached hydrogens (primary N) is 1. The fraction of sp³-hybridized carbons (Fsp3) is 0.200. The second-order valence-corrected chi connectivity index (χ2v) is 2.96. The number of hydrogen-bond donors (Lipinski definition) is 1. The van der Waals surface area contributed by atoms with Crippen molar-refractivity contribution in [2.45, 2.75) is 13.0 Å². The Morgan fingerprint density at radius 1 is 1.27 bits per heavy atom. The average molecular weight is 145 g/mol. The summed E-state index contributed by atoms with van der Waals surface area (Å²) in [5.74, 6) is 0. The van der Waals surface area contributed by atoms with E-state index >= 15 is 0 Å². The maximum absolute atomic E-state index is 5.86. The van der Waals surface area contributed by atoms with Gasteiger partial charge in [0.25, 0.3) is 0 Å². The molecule has 0 amide bonds. The van der Waals surface area contributed by atoms with Gasteiger partial charge in [0.2, 0.25) is 0 Å². The molecular weight excluding hydrogens is 134 g/mol. The summed E-state index contributed by atoms with van der Waals surface area (Å²) in [7, 11) is 0. The van der Waals surface area contributed by atoms with Crippen LogP contribution in [-0.4, -0.2) is 0 Å². The first-order valence-electron chi connectivity index (χ1n) is 3.82. The zero-order valence-corrected chi connectivity index (χ0v) is 6.54. The summed E-state index contributed by atoms with van der Waals surface area (Å²) >= 11 is 0. The maximum atomic E-state index is 5.86. The minimum atomic E-state index is 0.117. The summed E-state index contributed by atoms with van der Waals surface area (Å²) in [5, 5.41) is 0. The highest BCUT2D eigenvalue weighted by molar-refractivity contribution is 5.72. The molecule has 1 aliphatic carbocycles. The Bertz CT molecular complexity index is 312. The van der Waals surface area contributed by atoms with Crippen molar-refractivity contribution in [2.75, 3.05) is 0 Å². The van der Waals surface area contributed by atoms with Crippen LogP contribution in [0.15, 0.2) is 30.3 Å². The molecule has 56 valence electrons. The molecule has 0 aliphatic heterocycles. The third-order valence-electron chi connectivity index (χ3n) is 2.17. The fourth-order valence-corrected chi connectivity index (χ4v) is 1.60. The van der Waals surface area contributed by atoms with E-state index in [2.05, 4.69) is 25.1 Å². The normalized spacial score (nSPS) is 21.3. The topological polar surface area (TPSA) is 26.0 Å². The molecule has 1 atom stereocenters. The van der Waals surface area contributed by atoms with E-state index in [1.165, 1.54) is 16.7 Å². The van der Waals surface area contributed by atoms with Crippen LogP contribution < -0.4 is 5.73 Å². The van der Waals surface area contributed by atoms with Gasteiger partial charge in [0.15, 0.2) is 0 Å². The summed E-state index contributed by atoms with van der Waals surface area (Å²) < 4.78 is 0. The van der Waals surface area contributed by atoms with E-state index in [0.29, 0.717) is 0 Å². The van der Waals surface area contributed by atoms with Gasteiger partial charge in [0.1, 0.15) is 0 Å². The van der Waals surface area contributed by atoms with Gasteiger partial charge in [0, 0.05) is 6.04 Å². The molecular formula is C10H11N. The summed E-state index contributed by atoms with van der Waals surface area (Å²) in [4.78, 5) is 0. The first-order chi connectivity index (χ1) is 5.29. The highest BCUT2D eigenvalue weighted by atomic mass is 14.6. The molecule has 0 saturated heterocycles. The van der Waals surface area contributed by atoms with Gasteiger partial charge in [-0.3, -0.25) is 0 Å². The lowest BCUT2D eigenvalue weighted by atomic mass is 10.1. The highest BCUT2D eigenvalue weighted by Gasteiger charge is 2.15. The molecule has 0 saturated carbocycles. The molecule has 11 heavy (non-hydrogen) atoms. The van der Waals surface area contributed by atoms with E-state index in [1.54, 1.807) is 0 Å². The van der Waals surface area contributed by atoms with Crippen LogP contribution >= 0.6 is 0 Å². The van der Waals surface area contributed by atoms with Gasteiger partial charge >= 0.3 is 0 Å². The lowest BCUT2D eigenvalue weighted by Crippen LogP contribution is -2.03. The van der Waals surface area contributed by atoms with Gasteiger partial charge in [0.05, 0.1) is 0 Å². The number of hydrogen-bond acceptors (Lipinski definition) is 1. The van der Waals surface area contributed by atoms with Crippen molar-refractivity contribution in [2.24, 2.45) is 5.73 Å². The molecule has 0 fully saturated rings. The lowest BCUT2D eigenvalue weighted by Gasteiger charge is -2.02. The minimum absolute atomic E-state index is 0.117. The monoisotopic (exact) mass is 145 g/mol. The molecule has 1 nitrogen and oxygen atoms in total. The molecule has 0 heterocycles. The summed E-state index contributed by atoms with van der Waals surface area (Å²) in [6.07, 6.45) is 2.10. The third kappa shape index (κ3) is 0.889. The standard InChI is InChI=1S/C10H11N/c1-7-6-10(11)9-5-3-2-4-8(7)9/h2-6,10H,11H2,1H3. The number of fused-ring (bicyclic) bond motifs is 1. The van der Waals surface area contributed by atoms with E-state index < -0.39 is 0 Å². The quantitative estimate of drug-likeness (QED) is 0.594. The van der Waals surface area contributed by atoms with Crippen LogP contribution in [0.4, 0.5) is 0 Å². The van der Waals surface area contributed by atoms with Crippen molar-refractivity contribution < 1.29 is 0 Å². The second kappa shape index (κ2) is 2.21. The lowest BCUT2D eigenvalue weighted by molar-refractivity contribution is 0.931. The zero-order chi connectivity index (χ0) is 7.84. The summed E-state index contributed by atoms with van der Waals surface area (Å²) in [6.45, 7) is 2.10. The first-order valence-corrected chi connectivity index (χ1v) is 3.82. The van der Waals surface area contributed by atoms with Gasteiger partial charge in [-0.1, -0.05) is 30.3 Å². The Hall–Kier alpha value is -1.08. The Labute approximate surface area is 66.5 Å². The highest BCUT2D eigenvalue weighted by Crippen LogP contribution is 2.31. The third-order valence-corrected chi connectivity index (χ3v) is 2.17. The molecule has 0 aromatic heterocycles. The Balaban J connectivity index is 2.62. The molecule has 0 radical (unpaired) electrons. The van der Waals surface area contributed by atoms with E-state index in [9.17, 15) is 0 Å². The minimum Gasteiger partial charge on any atom is -0.321 e. The zero-order valence-electron chi connectivity index (χ0n) is 6.54. The molecule has 0 bridgehead atoms. The second-order valence-electron chi connectivity index (χ2n) is 2.96. The van der Waals surface area contributed by atoms with Gasteiger partial charge in [-0.25, -0.2) is 0 Å². The van der Waals surface area contributed by atoms with E-state index in [0.717, 1.165) is 0 Å². The van der Waals surface area contributed by atoms with Crippen molar-refractivity contribution in [3.8, 4) is 0 Å². The molecule has 1 aromatic rings. The van der Waals surface area contributed by atoms with Crippen LogP contribution in [0, 0.1) is 0 Å². The van der Waals surface area contributed by atoms with Gasteiger partial charge in [-0.15, -0.1) is 0 Å². The van der Waals surface area contributed by atoms with Crippen LogP contribution in [0.1, 0.15) is 24.1 Å². The van der Waals surface area contributed by atoms with E-state index in [-0.39, 0.29) is 6.04 Å². The maximum Gasteiger partial charge on any atom is 0.0493 e. The summed E-state index contributed by atoms with van der Waals surface area (Å²) in [6, 6.07) is 8.41. The molecule has 1 unspecified atom stereocenters. The van der Waals surface area contributed by atoms with Crippen molar-refractivity contribution in [3.63, 3.8) is 0 Å². The van der Waals surface area contributed by atoms with Crippen molar-refractivity contribution in [3.05, 3.63) is 41.5 Å². The SMILES string of the molecule is CC1=CC(N)c2ccccc21. The summed E-state index contributed by atoms with van der Waals surface area (Å²) in [5.41, 5.74) is 9.72. The van der Waals surface area contributed by atoms with Gasteiger partial charge in [-0.2, -0.15) is 0 Å². The van der Waals surface area contributed by atoms with Crippen molar-refractivity contribution in [1.82, 2.24) is 0 Å². The molecule has 0 spiro atoms. The predicted molar refractivity (Wildman–Crippen MR) is 47.0 cm³/mol. The van der Waals surface area contributed by atoms with Crippen LogP contribution in [0.5, 0.6) is 0 Å². The average Bonchev–Trinajstić information content (AvgIpc) is 2.30. The molecule has 2 rings (SSSR count). The van der Waals surface area contributed by atoms with E-state index in [1.807, 2.05) is 12.1 Å². The molecule has 1 heteroatoms. The van der Waals surface area contributed by atoms with Gasteiger partial charge in [-0.05, 0) is 23.6 Å². The molecule has 2 N–H and O–H groups in total. The van der Waals surface area contributed by atoms with E-state index in [4.69, 9.17) is 5.73 Å². The molecule has 1 aromatic carbocycles. The number of benzene rings is 1. The Kier molecular flexibility index (Phi) is 1.33. The van der Waals surface area contributed by atoms with Crippen molar-refractivity contribution >= 4 is 5.57 Å². The van der Waals surface area contributed by atoms with Crippen LogP contribution in [0.2, 0.25) is 0 Å². The number of allylic oxidation sites excluding steroid dienone is 1.